The van der Waals surface area contributed by atoms with Gasteiger partial charge in [0.15, 0.2) is 0 Å². The standard InChI is InChI=1S/C12H14ClN5O/c1-3-10-15-11(17-14-2)16-12(19)18(10)9-6-4-8(13)5-7-9/h4-7,14H,3H2,1-2H3,(H,16,17,19). The molecule has 1 aromatic heterocycles. The van der Waals surface area contributed by atoms with E-state index in [2.05, 4.69) is 20.8 Å². The maximum atomic E-state index is 12.1. The van der Waals surface area contributed by atoms with Gasteiger partial charge in [0.25, 0.3) is 0 Å². The highest BCUT2D eigenvalue weighted by Gasteiger charge is 2.10. The quantitative estimate of drug-likeness (QED) is 0.828. The number of hydrazine groups is 1. The fourth-order valence-corrected chi connectivity index (χ4v) is 1.83. The lowest BCUT2D eigenvalue weighted by molar-refractivity contribution is 0.761. The molecule has 0 amide bonds. The lowest BCUT2D eigenvalue weighted by Crippen LogP contribution is -2.29. The third-order valence-corrected chi connectivity index (χ3v) is 2.78. The Labute approximate surface area is 115 Å². The zero-order valence-corrected chi connectivity index (χ0v) is 11.4. The number of halogens is 1. The number of nitrogens with zero attached hydrogens (tertiary/aromatic N) is 3. The van der Waals surface area contributed by atoms with Gasteiger partial charge in [0.05, 0.1) is 5.69 Å². The average molecular weight is 280 g/mol. The number of benzene rings is 1. The predicted molar refractivity (Wildman–Crippen MR) is 74.7 cm³/mol. The molecule has 0 unspecified atom stereocenters. The van der Waals surface area contributed by atoms with Crippen LogP contribution in [0.3, 0.4) is 0 Å². The molecule has 2 rings (SSSR count). The van der Waals surface area contributed by atoms with Crippen LogP contribution in [0.4, 0.5) is 5.95 Å². The van der Waals surface area contributed by atoms with Gasteiger partial charge >= 0.3 is 5.69 Å². The number of rotatable bonds is 4. The van der Waals surface area contributed by atoms with Crippen molar-refractivity contribution in [3.05, 3.63) is 45.6 Å². The highest BCUT2D eigenvalue weighted by molar-refractivity contribution is 6.30. The predicted octanol–water partition coefficient (Wildman–Crippen LogP) is 1.39. The molecule has 0 fully saturated rings. The Morgan fingerprint density at radius 3 is 2.53 bits per heavy atom. The maximum Gasteiger partial charge on any atom is 0.356 e. The molecule has 0 aliphatic carbocycles. The first-order valence-corrected chi connectivity index (χ1v) is 6.22. The van der Waals surface area contributed by atoms with E-state index in [-0.39, 0.29) is 11.6 Å². The van der Waals surface area contributed by atoms with Gasteiger partial charge in [-0.2, -0.15) is 9.97 Å². The number of anilines is 1. The summed E-state index contributed by atoms with van der Waals surface area (Å²) in [7, 11) is 1.68. The Morgan fingerprint density at radius 2 is 1.95 bits per heavy atom. The van der Waals surface area contributed by atoms with Crippen molar-refractivity contribution in [3.63, 3.8) is 0 Å². The smallest absolute Gasteiger partial charge is 0.290 e. The van der Waals surface area contributed by atoms with E-state index in [1.807, 2.05) is 6.92 Å². The van der Waals surface area contributed by atoms with Crippen molar-refractivity contribution in [2.24, 2.45) is 0 Å². The van der Waals surface area contributed by atoms with Crippen LogP contribution in [0.15, 0.2) is 29.1 Å². The molecule has 0 bridgehead atoms. The first kappa shape index (κ1) is 13.5. The van der Waals surface area contributed by atoms with Crippen LogP contribution < -0.4 is 16.5 Å². The third-order valence-electron chi connectivity index (χ3n) is 2.52. The van der Waals surface area contributed by atoms with E-state index in [1.54, 1.807) is 31.3 Å². The molecular formula is C12H14ClN5O. The fraction of sp³-hybridized carbons (Fsp3) is 0.250. The van der Waals surface area contributed by atoms with Crippen molar-refractivity contribution in [1.82, 2.24) is 20.0 Å². The van der Waals surface area contributed by atoms with Gasteiger partial charge in [0.2, 0.25) is 5.95 Å². The van der Waals surface area contributed by atoms with Crippen molar-refractivity contribution in [2.45, 2.75) is 13.3 Å². The number of hydrogen-bond acceptors (Lipinski definition) is 5. The van der Waals surface area contributed by atoms with Crippen LogP contribution in [0.2, 0.25) is 5.02 Å². The van der Waals surface area contributed by atoms with Gasteiger partial charge in [-0.3, -0.25) is 5.43 Å². The highest BCUT2D eigenvalue weighted by Crippen LogP contribution is 2.13. The Bertz CT molecular complexity index is 623. The van der Waals surface area contributed by atoms with Gasteiger partial charge < -0.3 is 0 Å². The van der Waals surface area contributed by atoms with E-state index in [4.69, 9.17) is 11.6 Å². The first-order chi connectivity index (χ1) is 9.15. The van der Waals surface area contributed by atoms with Gasteiger partial charge in [0.1, 0.15) is 5.82 Å². The van der Waals surface area contributed by atoms with Crippen molar-refractivity contribution in [1.29, 1.82) is 0 Å². The molecule has 6 nitrogen and oxygen atoms in total. The van der Waals surface area contributed by atoms with Crippen LogP contribution in [0, 0.1) is 0 Å². The van der Waals surface area contributed by atoms with E-state index in [0.717, 1.165) is 0 Å². The second kappa shape index (κ2) is 5.81. The number of aromatic nitrogens is 3. The second-order valence-electron chi connectivity index (χ2n) is 3.79. The van der Waals surface area contributed by atoms with Crippen LogP contribution >= 0.6 is 11.6 Å². The molecule has 100 valence electrons. The van der Waals surface area contributed by atoms with E-state index in [0.29, 0.717) is 23.0 Å². The Balaban J connectivity index is 2.56. The molecule has 0 saturated heterocycles. The Morgan fingerprint density at radius 1 is 1.26 bits per heavy atom. The van der Waals surface area contributed by atoms with Crippen molar-refractivity contribution < 1.29 is 0 Å². The molecule has 0 aliphatic rings. The first-order valence-electron chi connectivity index (χ1n) is 5.84. The van der Waals surface area contributed by atoms with Gasteiger partial charge in [-0.05, 0) is 24.3 Å². The van der Waals surface area contributed by atoms with Crippen molar-refractivity contribution in [2.75, 3.05) is 12.5 Å². The van der Waals surface area contributed by atoms with Crippen molar-refractivity contribution in [3.8, 4) is 5.69 Å². The number of aryl methyl sites for hydroxylation is 1. The largest absolute Gasteiger partial charge is 0.356 e. The van der Waals surface area contributed by atoms with Crippen LogP contribution in [-0.4, -0.2) is 21.6 Å². The molecule has 1 heterocycles. The van der Waals surface area contributed by atoms with Gasteiger partial charge in [0, 0.05) is 18.5 Å². The monoisotopic (exact) mass is 279 g/mol. The molecule has 0 saturated carbocycles. The van der Waals surface area contributed by atoms with Crippen LogP contribution in [-0.2, 0) is 6.42 Å². The Hall–Kier alpha value is -1.92. The molecular weight excluding hydrogens is 266 g/mol. The fourth-order valence-electron chi connectivity index (χ4n) is 1.70. The third kappa shape index (κ3) is 2.91. The lowest BCUT2D eigenvalue weighted by atomic mass is 10.3. The summed E-state index contributed by atoms with van der Waals surface area (Å²) in [6, 6.07) is 6.97. The zero-order valence-electron chi connectivity index (χ0n) is 10.6. The SMILES string of the molecule is CCc1nc(NNC)nc(=O)n1-c1ccc(Cl)cc1. The van der Waals surface area contributed by atoms with Gasteiger partial charge in [-0.1, -0.05) is 18.5 Å². The summed E-state index contributed by atoms with van der Waals surface area (Å²) in [6.07, 6.45) is 0.610. The maximum absolute atomic E-state index is 12.1. The number of hydrogen-bond donors (Lipinski definition) is 2. The minimum Gasteiger partial charge on any atom is -0.290 e. The summed E-state index contributed by atoms with van der Waals surface area (Å²) in [5.41, 5.74) is 5.71. The zero-order chi connectivity index (χ0) is 13.8. The van der Waals surface area contributed by atoms with Crippen molar-refractivity contribution >= 4 is 17.5 Å². The van der Waals surface area contributed by atoms with Crippen LogP contribution in [0.25, 0.3) is 5.69 Å². The molecule has 0 aliphatic heterocycles. The summed E-state index contributed by atoms with van der Waals surface area (Å²) >= 11 is 5.84. The van der Waals surface area contributed by atoms with E-state index >= 15 is 0 Å². The summed E-state index contributed by atoms with van der Waals surface area (Å²) in [4.78, 5) is 20.2. The Kier molecular flexibility index (Phi) is 4.13. The van der Waals surface area contributed by atoms with E-state index in [1.165, 1.54) is 4.57 Å². The molecule has 7 heteroatoms. The summed E-state index contributed by atoms with van der Waals surface area (Å²) in [6.45, 7) is 1.93. The second-order valence-corrected chi connectivity index (χ2v) is 4.22. The van der Waals surface area contributed by atoms with E-state index < -0.39 is 0 Å². The molecule has 1 aromatic carbocycles. The summed E-state index contributed by atoms with van der Waals surface area (Å²) in [5.74, 6) is 0.884. The normalized spacial score (nSPS) is 10.5. The van der Waals surface area contributed by atoms with E-state index in [9.17, 15) is 4.79 Å². The van der Waals surface area contributed by atoms with Gasteiger partial charge in [-0.25, -0.2) is 14.8 Å². The molecule has 19 heavy (non-hydrogen) atoms. The minimum absolute atomic E-state index is 0.259. The number of nitrogens with one attached hydrogen (secondary N) is 2. The average Bonchev–Trinajstić information content (AvgIpc) is 2.40. The topological polar surface area (TPSA) is 71.8 Å². The van der Waals surface area contributed by atoms with Crippen LogP contribution in [0.1, 0.15) is 12.7 Å². The van der Waals surface area contributed by atoms with Gasteiger partial charge in [-0.15, -0.1) is 0 Å². The lowest BCUT2D eigenvalue weighted by Gasteiger charge is -2.11. The molecule has 0 atom stereocenters. The molecule has 2 aromatic rings. The highest BCUT2D eigenvalue weighted by atomic mass is 35.5. The summed E-state index contributed by atoms with van der Waals surface area (Å²) < 4.78 is 1.47. The summed E-state index contributed by atoms with van der Waals surface area (Å²) in [5, 5.41) is 0.615. The minimum atomic E-state index is -0.382. The molecule has 2 N–H and O–H groups in total. The van der Waals surface area contributed by atoms with Crippen LogP contribution in [0.5, 0.6) is 0 Å². The molecule has 0 radical (unpaired) electrons. The molecule has 0 spiro atoms.